The van der Waals surface area contributed by atoms with Gasteiger partial charge in [0.05, 0.1) is 7.11 Å². The Morgan fingerprint density at radius 2 is 2.13 bits per heavy atom. The normalized spacial score (nSPS) is 10.0. The molecule has 0 bridgehead atoms. The van der Waals surface area contributed by atoms with Gasteiger partial charge in [-0.1, -0.05) is 22.0 Å². The van der Waals surface area contributed by atoms with Gasteiger partial charge in [-0.15, -0.1) is 0 Å². The van der Waals surface area contributed by atoms with Crippen LogP contribution in [0.25, 0.3) is 0 Å². The lowest BCUT2D eigenvalue weighted by molar-refractivity contribution is 0.0594. The van der Waals surface area contributed by atoms with Crippen LogP contribution in [-0.4, -0.2) is 28.6 Å². The van der Waals surface area contributed by atoms with E-state index in [2.05, 4.69) is 20.7 Å². The molecule has 0 aliphatic heterocycles. The van der Waals surface area contributed by atoms with Crippen molar-refractivity contribution in [3.63, 3.8) is 0 Å². The summed E-state index contributed by atoms with van der Waals surface area (Å²) in [5, 5.41) is 19.8. The standard InChI is InChI=1S/C10H11BrO4/c1-15-10(14)8-7(12)3-2-6(4-5-11)9(8)13/h2-3,12-13H,4-5H2,1H3. The van der Waals surface area contributed by atoms with Gasteiger partial charge in [-0.2, -0.15) is 0 Å². The smallest absolute Gasteiger partial charge is 0.345 e. The number of ether oxygens (including phenoxy) is 1. The van der Waals surface area contributed by atoms with E-state index < -0.39 is 5.97 Å². The lowest BCUT2D eigenvalue weighted by atomic mass is 10.1. The van der Waals surface area contributed by atoms with E-state index in [9.17, 15) is 15.0 Å². The molecule has 0 aliphatic carbocycles. The highest BCUT2D eigenvalue weighted by Crippen LogP contribution is 2.31. The molecule has 1 aromatic carbocycles. The predicted molar refractivity (Wildman–Crippen MR) is 58.6 cm³/mol. The van der Waals surface area contributed by atoms with Crippen molar-refractivity contribution in [2.75, 3.05) is 12.4 Å². The van der Waals surface area contributed by atoms with Crippen molar-refractivity contribution in [2.24, 2.45) is 0 Å². The molecule has 0 unspecified atom stereocenters. The summed E-state index contributed by atoms with van der Waals surface area (Å²) in [7, 11) is 1.19. The van der Waals surface area contributed by atoms with E-state index in [1.807, 2.05) is 0 Å². The van der Waals surface area contributed by atoms with E-state index in [1.54, 1.807) is 6.07 Å². The maximum atomic E-state index is 11.3. The number of phenolic OH excluding ortho intramolecular Hbond substituents is 2. The van der Waals surface area contributed by atoms with Crippen LogP contribution in [0.1, 0.15) is 15.9 Å². The third kappa shape index (κ3) is 2.41. The second-order valence-corrected chi connectivity index (χ2v) is 3.69. The van der Waals surface area contributed by atoms with Gasteiger partial charge in [0.2, 0.25) is 0 Å². The van der Waals surface area contributed by atoms with Crippen molar-refractivity contribution in [1.82, 2.24) is 0 Å². The molecule has 4 nitrogen and oxygen atoms in total. The fourth-order valence-electron chi connectivity index (χ4n) is 1.23. The molecule has 0 amide bonds. The van der Waals surface area contributed by atoms with Crippen LogP contribution in [0, 0.1) is 0 Å². The van der Waals surface area contributed by atoms with Gasteiger partial charge in [-0.05, 0) is 18.1 Å². The van der Waals surface area contributed by atoms with Gasteiger partial charge in [0.15, 0.2) is 0 Å². The molecule has 0 radical (unpaired) electrons. The summed E-state index contributed by atoms with van der Waals surface area (Å²) in [6, 6.07) is 2.93. The van der Waals surface area contributed by atoms with Crippen LogP contribution < -0.4 is 0 Å². The summed E-state index contributed by atoms with van der Waals surface area (Å²) in [6.07, 6.45) is 0.566. The molecule has 1 aromatic rings. The van der Waals surface area contributed by atoms with Crippen LogP contribution in [0.2, 0.25) is 0 Å². The second kappa shape index (κ2) is 5.02. The van der Waals surface area contributed by atoms with Gasteiger partial charge in [-0.25, -0.2) is 4.79 Å². The van der Waals surface area contributed by atoms with Gasteiger partial charge >= 0.3 is 5.97 Å². The molecular weight excluding hydrogens is 264 g/mol. The van der Waals surface area contributed by atoms with Gasteiger partial charge in [0.1, 0.15) is 17.1 Å². The summed E-state index contributed by atoms with van der Waals surface area (Å²) in [5.74, 6) is -1.25. The molecule has 15 heavy (non-hydrogen) atoms. The Morgan fingerprint density at radius 3 is 2.67 bits per heavy atom. The number of methoxy groups -OCH3 is 1. The highest BCUT2D eigenvalue weighted by atomic mass is 79.9. The molecule has 0 saturated heterocycles. The summed E-state index contributed by atoms with van der Waals surface area (Å²) >= 11 is 3.23. The molecular formula is C10H11BrO4. The zero-order chi connectivity index (χ0) is 11.4. The number of hydrogen-bond acceptors (Lipinski definition) is 4. The Bertz CT molecular complexity index is 376. The molecule has 0 fully saturated rings. The van der Waals surface area contributed by atoms with Crippen LogP contribution in [-0.2, 0) is 11.2 Å². The first kappa shape index (κ1) is 11.8. The fourth-order valence-corrected chi connectivity index (χ4v) is 1.66. The summed E-state index contributed by atoms with van der Waals surface area (Å²) in [5.41, 5.74) is 0.404. The van der Waals surface area contributed by atoms with Crippen LogP contribution in [0.15, 0.2) is 12.1 Å². The van der Waals surface area contributed by atoms with Gasteiger partial charge in [-0.3, -0.25) is 0 Å². The molecule has 0 atom stereocenters. The topological polar surface area (TPSA) is 66.8 Å². The number of esters is 1. The monoisotopic (exact) mass is 274 g/mol. The van der Waals surface area contributed by atoms with Crippen LogP contribution >= 0.6 is 15.9 Å². The van der Waals surface area contributed by atoms with Gasteiger partial charge in [0, 0.05) is 5.33 Å². The minimum absolute atomic E-state index is 0.184. The van der Waals surface area contributed by atoms with E-state index in [0.717, 1.165) is 0 Å². The third-order valence-electron chi connectivity index (χ3n) is 1.99. The van der Waals surface area contributed by atoms with Crippen LogP contribution in [0.4, 0.5) is 0 Å². The maximum absolute atomic E-state index is 11.3. The second-order valence-electron chi connectivity index (χ2n) is 2.90. The molecule has 0 spiro atoms. The minimum Gasteiger partial charge on any atom is -0.507 e. The number of alkyl halides is 1. The molecule has 0 heterocycles. The number of benzene rings is 1. The summed E-state index contributed by atoms with van der Waals surface area (Å²) in [6.45, 7) is 0. The minimum atomic E-state index is -0.749. The molecule has 2 N–H and O–H groups in total. The number of aromatic hydroxyl groups is 2. The first-order valence-electron chi connectivity index (χ1n) is 4.30. The summed E-state index contributed by atoms with van der Waals surface area (Å²) in [4.78, 5) is 11.3. The number of carbonyl (C=O) groups is 1. The van der Waals surface area contributed by atoms with Crippen molar-refractivity contribution in [2.45, 2.75) is 6.42 Å². The van der Waals surface area contributed by atoms with E-state index in [4.69, 9.17) is 0 Å². The Balaban J connectivity index is 3.23. The van der Waals surface area contributed by atoms with Crippen molar-refractivity contribution >= 4 is 21.9 Å². The van der Waals surface area contributed by atoms with Gasteiger partial charge < -0.3 is 14.9 Å². The lowest BCUT2D eigenvalue weighted by Crippen LogP contribution is -2.03. The number of carbonyl (C=O) groups excluding carboxylic acids is 1. The Hall–Kier alpha value is -1.23. The lowest BCUT2D eigenvalue weighted by Gasteiger charge is -2.09. The SMILES string of the molecule is COC(=O)c1c(O)ccc(CCBr)c1O. The number of rotatable bonds is 3. The van der Waals surface area contributed by atoms with E-state index in [0.29, 0.717) is 17.3 Å². The highest BCUT2D eigenvalue weighted by molar-refractivity contribution is 9.09. The van der Waals surface area contributed by atoms with E-state index >= 15 is 0 Å². The Labute approximate surface area is 95.6 Å². The van der Waals surface area contributed by atoms with Gasteiger partial charge in [0.25, 0.3) is 0 Å². The maximum Gasteiger partial charge on any atom is 0.345 e. The number of aryl methyl sites for hydroxylation is 1. The quantitative estimate of drug-likeness (QED) is 0.652. The first-order valence-corrected chi connectivity index (χ1v) is 5.42. The number of phenols is 2. The van der Waals surface area contributed by atoms with Crippen molar-refractivity contribution < 1.29 is 19.7 Å². The average Bonchev–Trinajstić information content (AvgIpc) is 2.22. The predicted octanol–water partition coefficient (Wildman–Crippen LogP) is 1.82. The third-order valence-corrected chi connectivity index (χ3v) is 2.39. The van der Waals surface area contributed by atoms with Crippen LogP contribution in [0.3, 0.4) is 0 Å². The van der Waals surface area contributed by atoms with E-state index in [1.165, 1.54) is 13.2 Å². The molecule has 5 heteroatoms. The molecule has 82 valence electrons. The van der Waals surface area contributed by atoms with Crippen molar-refractivity contribution in [1.29, 1.82) is 0 Å². The molecule has 0 aromatic heterocycles. The fraction of sp³-hybridized carbons (Fsp3) is 0.300. The molecule has 1 rings (SSSR count). The molecule has 0 saturated carbocycles. The van der Waals surface area contributed by atoms with Crippen LogP contribution in [0.5, 0.6) is 11.5 Å². The molecule has 0 aliphatic rings. The Morgan fingerprint density at radius 1 is 1.47 bits per heavy atom. The first-order chi connectivity index (χ1) is 7.11. The highest BCUT2D eigenvalue weighted by Gasteiger charge is 2.19. The summed E-state index contributed by atoms with van der Waals surface area (Å²) < 4.78 is 4.46. The zero-order valence-electron chi connectivity index (χ0n) is 8.16. The largest absolute Gasteiger partial charge is 0.507 e. The number of hydrogen-bond donors (Lipinski definition) is 2. The van der Waals surface area contributed by atoms with E-state index in [-0.39, 0.29) is 17.1 Å². The number of halogens is 1. The zero-order valence-corrected chi connectivity index (χ0v) is 9.74. The van der Waals surface area contributed by atoms with Crippen molar-refractivity contribution in [3.8, 4) is 11.5 Å². The average molecular weight is 275 g/mol. The van der Waals surface area contributed by atoms with Crippen molar-refractivity contribution in [3.05, 3.63) is 23.3 Å². The Kier molecular flexibility index (Phi) is 3.96.